The fraction of sp³-hybridized carbons (Fsp3) is 0.878. The lowest BCUT2D eigenvalue weighted by Crippen LogP contribution is -2.09. The fourth-order valence-electron chi connectivity index (χ4n) is 14.1. The molecule has 6 heterocycles. The molecule has 0 bridgehead atoms. The first-order valence-corrected chi connectivity index (χ1v) is 48.8. The second kappa shape index (κ2) is 71.6. The van der Waals surface area contributed by atoms with Gasteiger partial charge in [-0.25, -0.2) is 23.4 Å². The third kappa shape index (κ3) is 64.7. The minimum absolute atomic E-state index is 0.636. The molecule has 18 nitrogen and oxygen atoms in total. The molecular weight excluding hydrogens is 1430 g/mol. The van der Waals surface area contributed by atoms with E-state index in [2.05, 4.69) is 258 Å². The number of unbranched alkanes of at least 4 members (excludes halogenated alkanes) is 19. The number of aromatic nitrogens is 18. The van der Waals surface area contributed by atoms with Crippen molar-refractivity contribution in [1.82, 2.24) is 90.0 Å². The van der Waals surface area contributed by atoms with Crippen molar-refractivity contribution in [3.63, 3.8) is 0 Å². The van der Waals surface area contributed by atoms with E-state index in [4.69, 9.17) is 0 Å². The minimum atomic E-state index is 0.636. The Kier molecular flexibility index (Phi) is 67.2. The van der Waals surface area contributed by atoms with Crippen molar-refractivity contribution >= 4 is 0 Å². The molecule has 672 valence electrons. The topological polar surface area (TPSA) is 184 Å². The van der Waals surface area contributed by atoms with E-state index in [9.17, 15) is 0 Å². The summed E-state index contributed by atoms with van der Waals surface area (Å²) >= 11 is 0. The van der Waals surface area contributed by atoms with Crippen LogP contribution < -0.4 is 0 Å². The maximum Gasteiger partial charge on any atom is 0.0827 e. The van der Waals surface area contributed by atoms with Gasteiger partial charge in [-0.3, -0.25) is 4.68 Å². The van der Waals surface area contributed by atoms with E-state index in [-0.39, 0.29) is 0 Å². The van der Waals surface area contributed by atoms with Gasteiger partial charge in [-0.15, -0.1) is 30.6 Å². The number of nitrogens with zero attached hydrogens (tertiary/aromatic N) is 18. The van der Waals surface area contributed by atoms with Gasteiger partial charge in [0.1, 0.15) is 0 Å². The Morgan fingerprint density at radius 1 is 0.198 bits per heavy atom. The van der Waals surface area contributed by atoms with Gasteiger partial charge in [0.15, 0.2) is 0 Å². The lowest BCUT2D eigenvalue weighted by Gasteiger charge is -2.08. The molecule has 0 fully saturated rings. The summed E-state index contributed by atoms with van der Waals surface area (Å²) in [6, 6.07) is 0. The summed E-state index contributed by atoms with van der Waals surface area (Å²) in [7, 11) is 0. The van der Waals surface area contributed by atoms with Crippen LogP contribution in [0.3, 0.4) is 0 Å². The number of aryl methyl sites for hydroxylation is 11. The summed E-state index contributed by atoms with van der Waals surface area (Å²) in [5.41, 5.74) is 7.70. The Bertz CT molecular complexity index is 2900. The molecule has 0 aliphatic heterocycles. The van der Waals surface area contributed by atoms with Gasteiger partial charge in [0.25, 0.3) is 0 Å². The molecule has 0 aromatic carbocycles. The summed E-state index contributed by atoms with van der Waals surface area (Å²) in [5.74, 6) is 9.49. The zero-order valence-electron chi connectivity index (χ0n) is 80.8. The van der Waals surface area contributed by atoms with Crippen molar-refractivity contribution in [2.75, 3.05) is 0 Å². The molecule has 0 saturated heterocycles. The molecule has 0 saturated carbocycles. The quantitative estimate of drug-likeness (QED) is 0.0330. The summed E-state index contributed by atoms with van der Waals surface area (Å²) in [6.07, 6.45) is 68.8. The van der Waals surface area contributed by atoms with Gasteiger partial charge in [-0.1, -0.05) is 358 Å². The van der Waals surface area contributed by atoms with Gasteiger partial charge in [0.05, 0.1) is 65.1 Å². The lowest BCUT2D eigenvalue weighted by molar-refractivity contribution is 0.453. The third-order valence-corrected chi connectivity index (χ3v) is 21.7. The third-order valence-electron chi connectivity index (χ3n) is 21.7. The Hall–Kier alpha value is -5.16. The Labute approximate surface area is 716 Å². The Morgan fingerprint density at radius 3 is 0.716 bits per heavy atom. The van der Waals surface area contributed by atoms with Crippen LogP contribution in [0.5, 0.6) is 0 Å². The van der Waals surface area contributed by atoms with Crippen LogP contribution in [-0.4, -0.2) is 90.0 Å². The lowest BCUT2D eigenvalue weighted by atomic mass is 10.0. The summed E-state index contributed by atoms with van der Waals surface area (Å²) in [6.45, 7) is 60.8. The van der Waals surface area contributed by atoms with Crippen molar-refractivity contribution in [1.29, 1.82) is 0 Å². The molecule has 0 radical (unpaired) electrons. The first-order valence-electron chi connectivity index (χ1n) is 48.8. The van der Waals surface area contributed by atoms with Crippen molar-refractivity contribution in [2.24, 2.45) is 71.0 Å². The first kappa shape index (κ1) is 109. The number of hydrogen-bond acceptors (Lipinski definition) is 12. The van der Waals surface area contributed by atoms with Crippen molar-refractivity contribution < 1.29 is 0 Å². The molecule has 0 aliphatic carbocycles. The van der Waals surface area contributed by atoms with E-state index in [0.29, 0.717) is 5.92 Å². The Balaban J connectivity index is 0.000000697. The first-order chi connectivity index (χ1) is 55.5. The normalized spacial score (nSPS) is 11.7. The number of rotatable bonds is 62. The standard InChI is InChI=1S/4C17H33N3.C16H31N3.C14H27N3/c2*1-15(2)10-7-5-6-8-12-17-14-18-19-20(17)13-9-11-16(3)4;2*1-15(2)10-8-6-5-7-9-11-17-14-18-19-20(17)13-12-16(3)4;1-14(2)9-7-5-6-8-12-19-13-16(17-18-19)11-10-15(3)4;1-12(2)8-6-5-7-9-14-10-15-16-17(14)11-13(3)4/h4*14-16H,5-13H2,1-4H3;13-15H,5-12H2,1-4H3;10,12-13H,5-9,11H2,1-4H3. The molecule has 0 amide bonds. The molecule has 0 atom stereocenters. The second-order valence-electron chi connectivity index (χ2n) is 39.6. The molecule has 0 N–H and O–H groups in total. The summed E-state index contributed by atoms with van der Waals surface area (Å²) in [4.78, 5) is 0. The van der Waals surface area contributed by atoms with E-state index in [1.165, 1.54) is 272 Å². The van der Waals surface area contributed by atoms with Gasteiger partial charge < -0.3 is 0 Å². The highest BCUT2D eigenvalue weighted by Gasteiger charge is 2.12. The largest absolute Gasteiger partial charge is 0.252 e. The van der Waals surface area contributed by atoms with Crippen LogP contribution in [0.4, 0.5) is 0 Å². The monoisotopic (exact) mass is 1620 g/mol. The summed E-state index contributed by atoms with van der Waals surface area (Å²) in [5, 5.41) is 49.7. The summed E-state index contributed by atoms with van der Waals surface area (Å²) < 4.78 is 12.5. The predicted molar refractivity (Wildman–Crippen MR) is 496 cm³/mol. The zero-order valence-corrected chi connectivity index (χ0v) is 80.8. The predicted octanol–water partition coefficient (Wildman–Crippen LogP) is 27.6. The van der Waals surface area contributed by atoms with E-state index in [0.717, 1.165) is 149 Å². The maximum atomic E-state index is 4.24. The van der Waals surface area contributed by atoms with Crippen molar-refractivity contribution in [3.05, 3.63) is 71.3 Å². The van der Waals surface area contributed by atoms with Crippen LogP contribution in [-0.2, 0) is 77.8 Å². The van der Waals surface area contributed by atoms with Crippen LogP contribution in [0.2, 0.25) is 0 Å². The molecule has 6 aromatic heterocycles. The highest BCUT2D eigenvalue weighted by Crippen LogP contribution is 2.20. The second-order valence-corrected chi connectivity index (χ2v) is 39.6. The van der Waals surface area contributed by atoms with Gasteiger partial charge in [-0.05, 0) is 193 Å². The molecule has 116 heavy (non-hydrogen) atoms. The van der Waals surface area contributed by atoms with Gasteiger partial charge in [0, 0.05) is 45.5 Å². The highest BCUT2D eigenvalue weighted by molar-refractivity contribution is 4.98. The molecule has 0 unspecified atom stereocenters. The Morgan fingerprint density at radius 2 is 0.431 bits per heavy atom. The SMILES string of the molecule is CC(C)CCCCCCCc1cnnn1CCC(C)C.CC(C)CCCCCCCc1cnnn1CCC(C)C.CC(C)CCCCCCc1cnnn1CCCC(C)C.CC(C)CCCCCCc1cnnn1CCCC(C)C.CC(C)CCCCCCn1cc(CCC(C)C)nn1.CC(C)CCCCCc1cnnn1CC(C)C. The average molecular weight is 1620 g/mol. The molecule has 6 rings (SSSR count). The molecule has 18 heteroatoms. The molecule has 0 spiro atoms. The van der Waals surface area contributed by atoms with E-state index in [1.807, 2.05) is 35.7 Å². The minimum Gasteiger partial charge on any atom is -0.252 e. The van der Waals surface area contributed by atoms with E-state index >= 15 is 0 Å². The van der Waals surface area contributed by atoms with E-state index < -0.39 is 0 Å². The van der Waals surface area contributed by atoms with Gasteiger partial charge in [-0.2, -0.15) is 0 Å². The highest BCUT2D eigenvalue weighted by atomic mass is 15.4. The number of hydrogen-bond donors (Lipinski definition) is 0. The van der Waals surface area contributed by atoms with Gasteiger partial charge in [0.2, 0.25) is 0 Å². The van der Waals surface area contributed by atoms with Crippen LogP contribution in [0.25, 0.3) is 0 Å². The smallest absolute Gasteiger partial charge is 0.0827 e. The van der Waals surface area contributed by atoms with Crippen LogP contribution in [0.1, 0.15) is 444 Å². The van der Waals surface area contributed by atoms with Gasteiger partial charge >= 0.3 is 0 Å². The van der Waals surface area contributed by atoms with Crippen LogP contribution in [0, 0.1) is 71.0 Å². The van der Waals surface area contributed by atoms with Crippen LogP contribution in [0.15, 0.2) is 37.2 Å². The fourth-order valence-corrected chi connectivity index (χ4v) is 14.1. The molecular formula is C98H190N18. The van der Waals surface area contributed by atoms with Crippen LogP contribution >= 0.6 is 0 Å². The van der Waals surface area contributed by atoms with E-state index in [1.54, 1.807) is 0 Å². The molecule has 6 aromatic rings. The van der Waals surface area contributed by atoms with Crippen molar-refractivity contribution in [2.45, 2.75) is 488 Å². The van der Waals surface area contributed by atoms with Crippen molar-refractivity contribution in [3.8, 4) is 0 Å². The molecule has 0 aliphatic rings. The zero-order chi connectivity index (χ0) is 85.9. The average Bonchev–Trinajstić information content (AvgIpc) is 1.80. The maximum absolute atomic E-state index is 4.24.